The van der Waals surface area contributed by atoms with Crippen LogP contribution in [0.1, 0.15) is 0 Å². The van der Waals surface area contributed by atoms with E-state index < -0.39 is 0 Å². The monoisotopic (exact) mass is 97.0 g/mol. The zero-order chi connectivity index (χ0) is 4.41. The fourth-order valence-electron chi connectivity index (χ4n) is 0.389. The van der Waals surface area contributed by atoms with E-state index in [-0.39, 0.29) is 0 Å². The van der Waals surface area contributed by atoms with Crippen LogP contribution < -0.4 is 0 Å². The van der Waals surface area contributed by atoms with Gasteiger partial charge in [-0.25, -0.2) is 0 Å². The molecule has 0 heterocycles. The van der Waals surface area contributed by atoms with Crippen molar-refractivity contribution in [1.29, 1.82) is 0 Å². The average Bonchev–Trinajstić information content (AvgIpc) is 1.86. The predicted molar refractivity (Wildman–Crippen MR) is 31.2 cm³/mol. The van der Waals surface area contributed by atoms with Crippen LogP contribution in [0.15, 0.2) is 23.5 Å². The minimum Gasteiger partial charge on any atom is -0.109 e. The first-order valence-corrected chi connectivity index (χ1v) is 2.44. The van der Waals surface area contributed by atoms with Crippen LogP contribution in [0.3, 0.4) is 0 Å². The smallest absolute Gasteiger partial charge is 0.0124 e. The molecule has 0 amide bonds. The second-order valence-corrected chi connectivity index (χ2v) is 1.88. The largest absolute Gasteiger partial charge is 0.109 e. The maximum atomic E-state index is 2.62. The molecule has 0 saturated heterocycles. The van der Waals surface area contributed by atoms with Crippen LogP contribution in [0.25, 0.3) is 0 Å². The van der Waals surface area contributed by atoms with Gasteiger partial charge in [0.15, 0.2) is 0 Å². The number of allylic oxidation sites excluding steroid dienone is 4. The van der Waals surface area contributed by atoms with Crippen molar-refractivity contribution in [2.45, 2.75) is 0 Å². The highest BCUT2D eigenvalue weighted by atomic mass is 31.0. The fraction of sp³-hybridized carbons (Fsp3) is 0. The Hall–Kier alpha value is -0.0900. The van der Waals surface area contributed by atoms with Gasteiger partial charge in [-0.1, -0.05) is 18.2 Å². The van der Waals surface area contributed by atoms with Crippen molar-refractivity contribution in [2.75, 3.05) is 0 Å². The van der Waals surface area contributed by atoms with Crippen molar-refractivity contribution < 1.29 is 0 Å². The van der Waals surface area contributed by atoms with E-state index in [9.17, 15) is 0 Å². The highest BCUT2D eigenvalue weighted by molar-refractivity contribution is 7.22. The first-order valence-electron chi connectivity index (χ1n) is 1.87. The van der Waals surface area contributed by atoms with Gasteiger partial charge in [0.05, 0.1) is 0 Å². The molecule has 1 aliphatic rings. The van der Waals surface area contributed by atoms with Crippen LogP contribution in [0, 0.1) is 6.42 Å². The van der Waals surface area contributed by atoms with E-state index in [0.717, 1.165) is 0 Å². The molecule has 1 aliphatic carbocycles. The summed E-state index contributed by atoms with van der Waals surface area (Å²) < 4.78 is 0. The molecule has 1 rings (SSSR count). The molecular formula is C5H6P. The summed E-state index contributed by atoms with van der Waals surface area (Å²) in [7, 11) is 2.62. The van der Waals surface area contributed by atoms with E-state index in [1.165, 1.54) is 5.31 Å². The summed E-state index contributed by atoms with van der Waals surface area (Å²) in [5.41, 5.74) is 0. The molecule has 0 aliphatic heterocycles. The molecule has 1 unspecified atom stereocenters. The Bertz CT molecular complexity index is 101. The van der Waals surface area contributed by atoms with E-state index in [4.69, 9.17) is 0 Å². The van der Waals surface area contributed by atoms with Crippen molar-refractivity contribution in [3.05, 3.63) is 30.0 Å². The van der Waals surface area contributed by atoms with Crippen LogP contribution in [-0.4, -0.2) is 0 Å². The molecule has 0 spiro atoms. The van der Waals surface area contributed by atoms with Gasteiger partial charge in [0.2, 0.25) is 0 Å². The molecule has 1 radical (unpaired) electrons. The summed E-state index contributed by atoms with van der Waals surface area (Å²) in [5.74, 6) is 0. The molecular weight excluding hydrogens is 91.0 g/mol. The third-order valence-electron chi connectivity index (χ3n) is 0.688. The van der Waals surface area contributed by atoms with Crippen LogP contribution in [-0.2, 0) is 0 Å². The molecule has 0 fully saturated rings. The van der Waals surface area contributed by atoms with Crippen molar-refractivity contribution >= 4 is 9.24 Å². The van der Waals surface area contributed by atoms with E-state index in [1.54, 1.807) is 0 Å². The molecule has 0 bridgehead atoms. The van der Waals surface area contributed by atoms with Gasteiger partial charge in [-0.15, -0.1) is 9.24 Å². The second kappa shape index (κ2) is 1.57. The third kappa shape index (κ3) is 0.693. The van der Waals surface area contributed by atoms with Crippen molar-refractivity contribution in [2.24, 2.45) is 0 Å². The van der Waals surface area contributed by atoms with E-state index in [2.05, 4.69) is 9.24 Å². The standard InChI is InChI=1S/C5H6P/c6-5-3-1-2-4-5/h1-4H,6H2. The Kier molecular flexibility index (Phi) is 1.07. The molecule has 0 aromatic rings. The van der Waals surface area contributed by atoms with Crippen LogP contribution in [0.5, 0.6) is 0 Å². The summed E-state index contributed by atoms with van der Waals surface area (Å²) >= 11 is 0. The normalized spacial score (nSPS) is 18.5. The van der Waals surface area contributed by atoms with Gasteiger partial charge >= 0.3 is 0 Å². The van der Waals surface area contributed by atoms with Gasteiger partial charge in [0.1, 0.15) is 0 Å². The number of hydrogen-bond donors (Lipinski definition) is 0. The highest BCUT2D eigenvalue weighted by Gasteiger charge is 1.87. The van der Waals surface area contributed by atoms with Crippen LogP contribution in [0.2, 0.25) is 0 Å². The lowest BCUT2D eigenvalue weighted by atomic mass is 10.5. The van der Waals surface area contributed by atoms with E-state index in [0.29, 0.717) is 0 Å². The first kappa shape index (κ1) is 4.08. The Morgan fingerprint density at radius 1 is 1.33 bits per heavy atom. The quantitative estimate of drug-likeness (QED) is 0.402. The molecule has 0 nitrogen and oxygen atoms in total. The van der Waals surface area contributed by atoms with Gasteiger partial charge in [0.25, 0.3) is 0 Å². The Balaban J connectivity index is 2.61. The molecule has 31 valence electrons. The second-order valence-electron chi connectivity index (χ2n) is 1.22. The SMILES string of the molecule is PC1=CC=C[CH]1. The summed E-state index contributed by atoms with van der Waals surface area (Å²) in [4.78, 5) is 0. The number of hydrogen-bond acceptors (Lipinski definition) is 0. The molecule has 0 aromatic carbocycles. The van der Waals surface area contributed by atoms with Gasteiger partial charge in [0, 0.05) is 6.42 Å². The molecule has 0 saturated carbocycles. The molecule has 0 N–H and O–H groups in total. The van der Waals surface area contributed by atoms with Gasteiger partial charge in [-0.05, 0) is 5.31 Å². The minimum absolute atomic E-state index is 1.26. The Morgan fingerprint density at radius 2 is 2.17 bits per heavy atom. The van der Waals surface area contributed by atoms with E-state index in [1.807, 2.05) is 24.6 Å². The lowest BCUT2D eigenvalue weighted by Gasteiger charge is -1.77. The lowest BCUT2D eigenvalue weighted by Crippen LogP contribution is -1.53. The zero-order valence-electron chi connectivity index (χ0n) is 3.39. The fourth-order valence-corrected chi connectivity index (χ4v) is 0.611. The first-order chi connectivity index (χ1) is 2.89. The molecule has 6 heavy (non-hydrogen) atoms. The average molecular weight is 97.1 g/mol. The maximum Gasteiger partial charge on any atom is 0.0124 e. The molecule has 0 aromatic heterocycles. The van der Waals surface area contributed by atoms with Crippen molar-refractivity contribution in [3.63, 3.8) is 0 Å². The summed E-state index contributed by atoms with van der Waals surface area (Å²) in [5, 5.41) is 1.26. The summed E-state index contributed by atoms with van der Waals surface area (Å²) in [6.45, 7) is 0. The summed E-state index contributed by atoms with van der Waals surface area (Å²) in [6.07, 6.45) is 8.12. The molecule has 1 atom stereocenters. The predicted octanol–water partition coefficient (Wildman–Crippen LogP) is 1.52. The van der Waals surface area contributed by atoms with Gasteiger partial charge < -0.3 is 0 Å². The van der Waals surface area contributed by atoms with E-state index >= 15 is 0 Å². The minimum atomic E-state index is 1.26. The van der Waals surface area contributed by atoms with Crippen molar-refractivity contribution in [1.82, 2.24) is 0 Å². The Labute approximate surface area is 40.1 Å². The van der Waals surface area contributed by atoms with Gasteiger partial charge in [-0.3, -0.25) is 0 Å². The van der Waals surface area contributed by atoms with Crippen LogP contribution in [0.4, 0.5) is 0 Å². The van der Waals surface area contributed by atoms with Crippen molar-refractivity contribution in [3.8, 4) is 0 Å². The molecule has 1 heteroatoms. The van der Waals surface area contributed by atoms with Crippen LogP contribution >= 0.6 is 9.24 Å². The third-order valence-corrected chi connectivity index (χ3v) is 1.07. The zero-order valence-corrected chi connectivity index (χ0v) is 4.54. The summed E-state index contributed by atoms with van der Waals surface area (Å²) in [6, 6.07) is 0. The lowest BCUT2D eigenvalue weighted by molar-refractivity contribution is 1.82. The maximum absolute atomic E-state index is 2.62. The Morgan fingerprint density at radius 3 is 2.33 bits per heavy atom. The van der Waals surface area contributed by atoms with Gasteiger partial charge in [-0.2, -0.15) is 0 Å². The topological polar surface area (TPSA) is 0 Å². The highest BCUT2D eigenvalue weighted by Crippen LogP contribution is 2.14. The number of rotatable bonds is 0.